The predicted octanol–water partition coefficient (Wildman–Crippen LogP) is 2.74. The fraction of sp³-hybridized carbons (Fsp3) is 0.125. The number of benzene rings is 1. The Hall–Kier alpha value is -2.82. The predicted molar refractivity (Wildman–Crippen MR) is 82.8 cm³/mol. The second-order valence-electron chi connectivity index (χ2n) is 4.65. The number of methoxy groups -OCH3 is 1. The highest BCUT2D eigenvalue weighted by atomic mass is 16.5. The molecule has 0 aliphatic rings. The van der Waals surface area contributed by atoms with Crippen molar-refractivity contribution in [2.75, 3.05) is 12.8 Å². The van der Waals surface area contributed by atoms with E-state index in [9.17, 15) is 0 Å². The SMILES string of the molecule is COc1ccccc1-c1c(-c2ccccn2)nn(C)c1N. The molecule has 2 N–H and O–H groups in total. The summed E-state index contributed by atoms with van der Waals surface area (Å²) in [7, 11) is 3.46. The van der Waals surface area contributed by atoms with Gasteiger partial charge in [-0.1, -0.05) is 24.3 Å². The minimum atomic E-state index is 0.583. The lowest BCUT2D eigenvalue weighted by atomic mass is 10.0. The van der Waals surface area contributed by atoms with Gasteiger partial charge in [-0.05, 0) is 18.2 Å². The smallest absolute Gasteiger partial charge is 0.130 e. The molecule has 2 aromatic heterocycles. The molecule has 0 spiro atoms. The van der Waals surface area contributed by atoms with Crippen LogP contribution in [0.2, 0.25) is 0 Å². The van der Waals surface area contributed by atoms with E-state index in [4.69, 9.17) is 10.5 Å². The fourth-order valence-corrected chi connectivity index (χ4v) is 2.34. The van der Waals surface area contributed by atoms with E-state index in [1.165, 1.54) is 0 Å². The molecule has 0 amide bonds. The molecule has 0 aliphatic heterocycles. The first-order chi connectivity index (χ1) is 10.2. The molecule has 1 aromatic carbocycles. The van der Waals surface area contributed by atoms with Gasteiger partial charge in [0.15, 0.2) is 0 Å². The molecule has 0 aliphatic carbocycles. The standard InChI is InChI=1S/C16H16N4O/c1-20-16(17)14(11-7-3-4-9-13(11)21-2)15(19-20)12-8-5-6-10-18-12/h3-10H,17H2,1-2H3. The van der Waals surface area contributed by atoms with E-state index in [-0.39, 0.29) is 0 Å². The summed E-state index contributed by atoms with van der Waals surface area (Å²) in [5.41, 5.74) is 9.50. The number of anilines is 1. The van der Waals surface area contributed by atoms with Gasteiger partial charge >= 0.3 is 0 Å². The minimum absolute atomic E-state index is 0.583. The van der Waals surface area contributed by atoms with Crippen molar-refractivity contribution in [2.24, 2.45) is 7.05 Å². The highest BCUT2D eigenvalue weighted by Gasteiger charge is 2.20. The second kappa shape index (κ2) is 5.28. The number of pyridine rings is 1. The average Bonchev–Trinajstić information content (AvgIpc) is 2.83. The van der Waals surface area contributed by atoms with Crippen molar-refractivity contribution >= 4 is 5.82 Å². The van der Waals surface area contributed by atoms with E-state index in [0.717, 1.165) is 28.3 Å². The molecule has 5 nitrogen and oxygen atoms in total. The number of aromatic nitrogens is 3. The molecule has 0 saturated carbocycles. The van der Waals surface area contributed by atoms with Gasteiger partial charge in [-0.25, -0.2) is 0 Å². The quantitative estimate of drug-likeness (QED) is 0.801. The molecule has 0 bridgehead atoms. The van der Waals surface area contributed by atoms with Gasteiger partial charge < -0.3 is 10.5 Å². The maximum atomic E-state index is 6.21. The van der Waals surface area contributed by atoms with Crippen LogP contribution in [0.4, 0.5) is 5.82 Å². The van der Waals surface area contributed by atoms with Crippen LogP contribution in [0.25, 0.3) is 22.5 Å². The van der Waals surface area contributed by atoms with Crippen LogP contribution in [0.15, 0.2) is 48.7 Å². The molecule has 0 saturated heterocycles. The zero-order valence-corrected chi connectivity index (χ0v) is 11.9. The Morgan fingerprint density at radius 2 is 1.86 bits per heavy atom. The molecule has 5 heteroatoms. The molecule has 3 aromatic rings. The first-order valence-electron chi connectivity index (χ1n) is 6.59. The van der Waals surface area contributed by atoms with Crippen LogP contribution in [0, 0.1) is 0 Å². The molecule has 2 heterocycles. The number of nitrogens with two attached hydrogens (primary N) is 1. The molecule has 0 unspecified atom stereocenters. The van der Waals surface area contributed by atoms with Crippen LogP contribution < -0.4 is 10.5 Å². The Kier molecular flexibility index (Phi) is 3.31. The van der Waals surface area contributed by atoms with Crippen LogP contribution >= 0.6 is 0 Å². The Labute approximate surface area is 123 Å². The van der Waals surface area contributed by atoms with Crippen molar-refractivity contribution in [2.45, 2.75) is 0 Å². The largest absolute Gasteiger partial charge is 0.496 e. The maximum Gasteiger partial charge on any atom is 0.130 e. The summed E-state index contributed by atoms with van der Waals surface area (Å²) in [6.07, 6.45) is 1.74. The molecule has 106 valence electrons. The highest BCUT2D eigenvalue weighted by Crippen LogP contribution is 2.39. The van der Waals surface area contributed by atoms with Crippen molar-refractivity contribution in [3.63, 3.8) is 0 Å². The number of ether oxygens (including phenoxy) is 1. The molecular formula is C16H16N4O. The Morgan fingerprint density at radius 1 is 1.10 bits per heavy atom. The van der Waals surface area contributed by atoms with E-state index in [1.807, 2.05) is 49.5 Å². The molecular weight excluding hydrogens is 264 g/mol. The second-order valence-corrected chi connectivity index (χ2v) is 4.65. The minimum Gasteiger partial charge on any atom is -0.496 e. The average molecular weight is 280 g/mol. The lowest BCUT2D eigenvalue weighted by Gasteiger charge is -2.09. The Balaban J connectivity index is 2.28. The van der Waals surface area contributed by atoms with E-state index in [1.54, 1.807) is 18.0 Å². The number of para-hydroxylation sites is 1. The summed E-state index contributed by atoms with van der Waals surface area (Å²) >= 11 is 0. The van der Waals surface area contributed by atoms with Gasteiger partial charge in [0.25, 0.3) is 0 Å². The normalized spacial score (nSPS) is 10.6. The number of nitrogen functional groups attached to an aromatic ring is 1. The van der Waals surface area contributed by atoms with Crippen molar-refractivity contribution in [3.05, 3.63) is 48.7 Å². The van der Waals surface area contributed by atoms with Crippen molar-refractivity contribution in [1.29, 1.82) is 0 Å². The highest BCUT2D eigenvalue weighted by molar-refractivity contribution is 5.89. The van der Waals surface area contributed by atoms with Crippen LogP contribution in [0.1, 0.15) is 0 Å². The van der Waals surface area contributed by atoms with Crippen LogP contribution in [0.5, 0.6) is 5.75 Å². The van der Waals surface area contributed by atoms with E-state index in [0.29, 0.717) is 5.82 Å². The van der Waals surface area contributed by atoms with E-state index in [2.05, 4.69) is 10.1 Å². The van der Waals surface area contributed by atoms with Crippen LogP contribution in [0.3, 0.4) is 0 Å². The van der Waals surface area contributed by atoms with Crippen LogP contribution in [-0.2, 0) is 7.05 Å². The summed E-state index contributed by atoms with van der Waals surface area (Å²) in [5, 5.41) is 4.51. The molecule has 3 rings (SSSR count). The first kappa shape index (κ1) is 13.2. The molecule has 21 heavy (non-hydrogen) atoms. The van der Waals surface area contributed by atoms with Gasteiger partial charge in [0, 0.05) is 18.8 Å². The summed E-state index contributed by atoms with van der Waals surface area (Å²) in [6.45, 7) is 0. The molecule has 0 atom stereocenters. The third-order valence-corrected chi connectivity index (χ3v) is 3.38. The molecule has 0 radical (unpaired) electrons. The van der Waals surface area contributed by atoms with Gasteiger partial charge in [-0.15, -0.1) is 0 Å². The Bertz CT molecular complexity index is 765. The zero-order chi connectivity index (χ0) is 14.8. The van der Waals surface area contributed by atoms with Crippen molar-refractivity contribution in [3.8, 4) is 28.3 Å². The summed E-state index contributed by atoms with van der Waals surface area (Å²) in [4.78, 5) is 4.37. The van der Waals surface area contributed by atoms with Crippen LogP contribution in [-0.4, -0.2) is 21.9 Å². The van der Waals surface area contributed by atoms with E-state index < -0.39 is 0 Å². The number of rotatable bonds is 3. The first-order valence-corrected chi connectivity index (χ1v) is 6.59. The summed E-state index contributed by atoms with van der Waals surface area (Å²) < 4.78 is 7.10. The lowest BCUT2D eigenvalue weighted by molar-refractivity contribution is 0.416. The number of hydrogen-bond donors (Lipinski definition) is 1. The summed E-state index contributed by atoms with van der Waals surface area (Å²) in [5.74, 6) is 1.34. The van der Waals surface area contributed by atoms with Gasteiger partial charge in [-0.3, -0.25) is 9.67 Å². The number of nitrogens with zero attached hydrogens (tertiary/aromatic N) is 3. The lowest BCUT2D eigenvalue weighted by Crippen LogP contribution is -1.98. The zero-order valence-electron chi connectivity index (χ0n) is 11.9. The summed E-state index contributed by atoms with van der Waals surface area (Å²) in [6, 6.07) is 13.5. The maximum absolute atomic E-state index is 6.21. The van der Waals surface area contributed by atoms with Gasteiger partial charge in [0.05, 0.1) is 18.4 Å². The topological polar surface area (TPSA) is 66.0 Å². The van der Waals surface area contributed by atoms with Gasteiger partial charge in [-0.2, -0.15) is 5.10 Å². The van der Waals surface area contributed by atoms with Gasteiger partial charge in [0.1, 0.15) is 17.3 Å². The van der Waals surface area contributed by atoms with Gasteiger partial charge in [0.2, 0.25) is 0 Å². The number of aryl methyl sites for hydroxylation is 1. The van der Waals surface area contributed by atoms with E-state index >= 15 is 0 Å². The monoisotopic (exact) mass is 280 g/mol. The molecule has 0 fully saturated rings. The Morgan fingerprint density at radius 3 is 2.57 bits per heavy atom. The fourth-order valence-electron chi connectivity index (χ4n) is 2.34. The third-order valence-electron chi connectivity index (χ3n) is 3.38. The number of hydrogen-bond acceptors (Lipinski definition) is 4. The van der Waals surface area contributed by atoms with Crippen molar-refractivity contribution < 1.29 is 4.74 Å². The van der Waals surface area contributed by atoms with Crippen molar-refractivity contribution in [1.82, 2.24) is 14.8 Å². The third kappa shape index (κ3) is 2.23.